The van der Waals surface area contributed by atoms with Gasteiger partial charge in [-0.25, -0.2) is 0 Å². The van der Waals surface area contributed by atoms with E-state index >= 15 is 0 Å². The van der Waals surface area contributed by atoms with Crippen molar-refractivity contribution in [3.8, 4) is 0 Å². The van der Waals surface area contributed by atoms with Crippen molar-refractivity contribution >= 4 is 11.8 Å². The zero-order chi connectivity index (χ0) is 18.2. The molecule has 0 saturated heterocycles. The van der Waals surface area contributed by atoms with Crippen molar-refractivity contribution in [2.24, 2.45) is 5.41 Å². The minimum atomic E-state index is -1.47. The third-order valence-electron chi connectivity index (χ3n) is 5.31. The fourth-order valence-corrected chi connectivity index (χ4v) is 4.25. The van der Waals surface area contributed by atoms with Crippen LogP contribution in [-0.2, 0) is 14.3 Å². The number of methoxy groups -OCH3 is 1. The standard InChI is InChI=1S/C19H26O5/c1-10-6-11(2)17(12(3)7-10)14-8-15(21)16(22)9-19(14,13(4)20)18(23)24-5/h6-7,14-16,21-22H,8-9H2,1-5H3. The highest BCUT2D eigenvalue weighted by Gasteiger charge is 2.57. The van der Waals surface area contributed by atoms with Gasteiger partial charge in [0.2, 0.25) is 0 Å². The van der Waals surface area contributed by atoms with E-state index in [1.807, 2.05) is 32.9 Å². The third kappa shape index (κ3) is 2.87. The van der Waals surface area contributed by atoms with Crippen LogP contribution in [-0.4, -0.2) is 41.3 Å². The minimum Gasteiger partial charge on any atom is -0.468 e. The van der Waals surface area contributed by atoms with E-state index in [0.717, 1.165) is 22.3 Å². The van der Waals surface area contributed by atoms with Gasteiger partial charge >= 0.3 is 5.97 Å². The minimum absolute atomic E-state index is 0.131. The summed E-state index contributed by atoms with van der Waals surface area (Å²) in [5.41, 5.74) is 2.44. The molecule has 1 fully saturated rings. The molecule has 132 valence electrons. The van der Waals surface area contributed by atoms with Crippen LogP contribution in [0.1, 0.15) is 47.9 Å². The first-order valence-electron chi connectivity index (χ1n) is 8.18. The van der Waals surface area contributed by atoms with Gasteiger partial charge in [0.1, 0.15) is 11.2 Å². The molecule has 1 aromatic carbocycles. The average Bonchev–Trinajstić information content (AvgIpc) is 2.48. The van der Waals surface area contributed by atoms with Crippen molar-refractivity contribution in [1.82, 2.24) is 0 Å². The number of Topliss-reactive ketones (excluding diaryl/α,β-unsaturated/α-hetero) is 1. The molecule has 1 aliphatic rings. The molecule has 2 N–H and O–H groups in total. The fourth-order valence-electron chi connectivity index (χ4n) is 4.25. The molecule has 5 nitrogen and oxygen atoms in total. The monoisotopic (exact) mass is 334 g/mol. The Morgan fingerprint density at radius 1 is 1.12 bits per heavy atom. The molecular weight excluding hydrogens is 308 g/mol. The van der Waals surface area contributed by atoms with Gasteiger partial charge in [0.05, 0.1) is 19.3 Å². The lowest BCUT2D eigenvalue weighted by atomic mass is 9.59. The van der Waals surface area contributed by atoms with Crippen LogP contribution in [0.2, 0.25) is 0 Å². The number of hydrogen-bond acceptors (Lipinski definition) is 5. The van der Waals surface area contributed by atoms with Crippen LogP contribution in [0.5, 0.6) is 0 Å². The lowest BCUT2D eigenvalue weighted by molar-refractivity contribution is -0.168. The zero-order valence-electron chi connectivity index (χ0n) is 14.9. The van der Waals surface area contributed by atoms with Crippen LogP contribution < -0.4 is 0 Å². The number of esters is 1. The van der Waals surface area contributed by atoms with Gasteiger partial charge in [-0.2, -0.15) is 0 Å². The average molecular weight is 334 g/mol. The number of rotatable bonds is 3. The van der Waals surface area contributed by atoms with Gasteiger partial charge < -0.3 is 14.9 Å². The summed E-state index contributed by atoms with van der Waals surface area (Å²) in [6.45, 7) is 7.22. The zero-order valence-corrected chi connectivity index (χ0v) is 14.9. The Morgan fingerprint density at radius 2 is 1.67 bits per heavy atom. The predicted molar refractivity (Wildman–Crippen MR) is 89.8 cm³/mol. The van der Waals surface area contributed by atoms with Gasteiger partial charge in [0.15, 0.2) is 0 Å². The second-order valence-electron chi connectivity index (χ2n) is 6.96. The van der Waals surface area contributed by atoms with Gasteiger partial charge in [0, 0.05) is 5.92 Å². The smallest absolute Gasteiger partial charge is 0.320 e. The van der Waals surface area contributed by atoms with E-state index in [1.54, 1.807) is 0 Å². The molecule has 0 aromatic heterocycles. The summed E-state index contributed by atoms with van der Waals surface area (Å²) in [6, 6.07) is 4.00. The highest BCUT2D eigenvalue weighted by atomic mass is 16.5. The van der Waals surface area contributed by atoms with Crippen LogP contribution in [0, 0.1) is 26.2 Å². The summed E-state index contributed by atoms with van der Waals surface area (Å²) in [4.78, 5) is 25.2. The van der Waals surface area contributed by atoms with E-state index < -0.39 is 29.5 Å². The number of ketones is 1. The largest absolute Gasteiger partial charge is 0.468 e. The molecular formula is C19H26O5. The second kappa shape index (κ2) is 6.65. The Bertz CT molecular complexity index is 643. The number of aryl methyl sites for hydroxylation is 3. The molecule has 1 aromatic rings. The van der Waals surface area contributed by atoms with Gasteiger partial charge in [-0.05, 0) is 57.2 Å². The van der Waals surface area contributed by atoms with Crippen molar-refractivity contribution in [2.75, 3.05) is 7.11 Å². The quantitative estimate of drug-likeness (QED) is 0.652. The Balaban J connectivity index is 2.71. The molecule has 1 aliphatic carbocycles. The molecule has 1 saturated carbocycles. The highest BCUT2D eigenvalue weighted by molar-refractivity contribution is 6.04. The summed E-state index contributed by atoms with van der Waals surface area (Å²) in [5.74, 6) is -1.52. The second-order valence-corrected chi connectivity index (χ2v) is 6.96. The lowest BCUT2D eigenvalue weighted by Gasteiger charge is -2.45. The van der Waals surface area contributed by atoms with E-state index in [-0.39, 0.29) is 18.6 Å². The summed E-state index contributed by atoms with van der Waals surface area (Å²) >= 11 is 0. The maximum absolute atomic E-state index is 12.6. The van der Waals surface area contributed by atoms with Crippen molar-refractivity contribution in [2.45, 2.75) is 58.7 Å². The van der Waals surface area contributed by atoms with Gasteiger partial charge in [0.25, 0.3) is 0 Å². The van der Waals surface area contributed by atoms with Crippen LogP contribution in [0.3, 0.4) is 0 Å². The number of carbonyl (C=O) groups is 2. The van der Waals surface area contributed by atoms with Crippen molar-refractivity contribution in [1.29, 1.82) is 0 Å². The first-order chi connectivity index (χ1) is 11.1. The number of ether oxygens (including phenoxy) is 1. The normalized spacial score (nSPS) is 30.0. The van der Waals surface area contributed by atoms with Crippen molar-refractivity contribution in [3.05, 3.63) is 34.4 Å². The molecule has 0 heterocycles. The molecule has 0 bridgehead atoms. The van der Waals surface area contributed by atoms with Gasteiger partial charge in [-0.15, -0.1) is 0 Å². The number of carbonyl (C=O) groups excluding carboxylic acids is 2. The molecule has 4 unspecified atom stereocenters. The number of aliphatic hydroxyl groups is 2. The topological polar surface area (TPSA) is 83.8 Å². The predicted octanol–water partition coefficient (Wildman–Crippen LogP) is 1.96. The van der Waals surface area contributed by atoms with E-state index in [0.29, 0.717) is 0 Å². The van der Waals surface area contributed by atoms with Crippen LogP contribution in [0.15, 0.2) is 12.1 Å². The molecule has 0 radical (unpaired) electrons. The maximum atomic E-state index is 12.6. The summed E-state index contributed by atoms with van der Waals surface area (Å²) in [7, 11) is 1.25. The molecule has 5 heteroatoms. The Kier molecular flexibility index (Phi) is 5.16. The van der Waals surface area contributed by atoms with E-state index in [9.17, 15) is 19.8 Å². The van der Waals surface area contributed by atoms with Crippen LogP contribution in [0.4, 0.5) is 0 Å². The maximum Gasteiger partial charge on any atom is 0.320 e. The SMILES string of the molecule is COC(=O)C1(C(C)=O)CC(O)C(O)CC1c1c(C)cc(C)cc1C. The van der Waals surface area contributed by atoms with Crippen LogP contribution >= 0.6 is 0 Å². The molecule has 2 rings (SSSR count). The summed E-state index contributed by atoms with van der Waals surface area (Å²) < 4.78 is 4.94. The molecule has 0 amide bonds. The third-order valence-corrected chi connectivity index (χ3v) is 5.31. The summed E-state index contributed by atoms with van der Waals surface area (Å²) in [5, 5.41) is 20.3. The van der Waals surface area contributed by atoms with E-state index in [2.05, 4.69) is 0 Å². The number of benzene rings is 1. The molecule has 0 spiro atoms. The van der Waals surface area contributed by atoms with Crippen molar-refractivity contribution < 1.29 is 24.5 Å². The molecule has 0 aliphatic heterocycles. The first kappa shape index (κ1) is 18.6. The Labute approximate surface area is 142 Å². The van der Waals surface area contributed by atoms with Gasteiger partial charge in [-0.1, -0.05) is 17.7 Å². The Morgan fingerprint density at radius 3 is 2.12 bits per heavy atom. The van der Waals surface area contributed by atoms with Crippen molar-refractivity contribution in [3.63, 3.8) is 0 Å². The van der Waals surface area contributed by atoms with E-state index in [4.69, 9.17) is 4.74 Å². The fraction of sp³-hybridized carbons (Fsp3) is 0.579. The molecule has 4 atom stereocenters. The number of aliphatic hydroxyl groups excluding tert-OH is 2. The lowest BCUT2D eigenvalue weighted by Crippen LogP contribution is -2.53. The first-order valence-corrected chi connectivity index (χ1v) is 8.18. The van der Waals surface area contributed by atoms with Gasteiger partial charge in [-0.3, -0.25) is 9.59 Å². The van der Waals surface area contributed by atoms with E-state index in [1.165, 1.54) is 14.0 Å². The Hall–Kier alpha value is -1.72. The van der Waals surface area contributed by atoms with Crippen LogP contribution in [0.25, 0.3) is 0 Å². The molecule has 24 heavy (non-hydrogen) atoms. The highest BCUT2D eigenvalue weighted by Crippen LogP contribution is 2.50. The summed E-state index contributed by atoms with van der Waals surface area (Å²) in [6.07, 6.45) is -2.10. The number of hydrogen-bond donors (Lipinski definition) is 2.